The van der Waals surface area contributed by atoms with Gasteiger partial charge in [-0.3, -0.25) is 14.9 Å². The van der Waals surface area contributed by atoms with E-state index in [0.29, 0.717) is 11.8 Å². The number of aromatic nitrogens is 3. The van der Waals surface area contributed by atoms with Crippen molar-refractivity contribution in [2.45, 2.75) is 57.4 Å². The van der Waals surface area contributed by atoms with Crippen molar-refractivity contribution in [3.05, 3.63) is 36.4 Å². The van der Waals surface area contributed by atoms with Crippen LogP contribution in [0.4, 0.5) is 0 Å². The Morgan fingerprint density at radius 1 is 1.12 bits per heavy atom. The summed E-state index contributed by atoms with van der Waals surface area (Å²) in [5.41, 5.74) is 3.26. The number of rotatable bonds is 4. The molecule has 1 aliphatic heterocycles. The van der Waals surface area contributed by atoms with E-state index < -0.39 is 0 Å². The molecule has 0 aromatic carbocycles. The van der Waals surface area contributed by atoms with Gasteiger partial charge in [-0.15, -0.1) is 0 Å². The molecular formula is C20H26N4O. The third kappa shape index (κ3) is 3.46. The molecule has 0 spiro atoms. The average molecular weight is 338 g/mol. The lowest BCUT2D eigenvalue weighted by Crippen LogP contribution is -2.32. The Balaban J connectivity index is 1.52. The SMILES string of the molecule is O=C(CC1CCCCC1)N1CCC[C@H]1c1[nH]ncc1-c1ccncc1. The number of pyridine rings is 1. The molecule has 5 heteroatoms. The van der Waals surface area contributed by atoms with Gasteiger partial charge in [0.1, 0.15) is 0 Å². The zero-order chi connectivity index (χ0) is 17.1. The lowest BCUT2D eigenvalue weighted by atomic mass is 9.86. The molecule has 2 aromatic rings. The summed E-state index contributed by atoms with van der Waals surface area (Å²) in [5.74, 6) is 0.911. The molecule has 1 aliphatic carbocycles. The van der Waals surface area contributed by atoms with E-state index in [1.54, 1.807) is 12.4 Å². The van der Waals surface area contributed by atoms with E-state index in [2.05, 4.69) is 20.1 Å². The topological polar surface area (TPSA) is 61.9 Å². The lowest BCUT2D eigenvalue weighted by molar-refractivity contribution is -0.133. The molecule has 1 saturated carbocycles. The highest BCUT2D eigenvalue weighted by Crippen LogP contribution is 2.37. The van der Waals surface area contributed by atoms with Crippen molar-refractivity contribution in [3.8, 4) is 11.1 Å². The quantitative estimate of drug-likeness (QED) is 0.912. The molecule has 0 radical (unpaired) electrons. The van der Waals surface area contributed by atoms with E-state index in [9.17, 15) is 4.79 Å². The normalized spacial score (nSPS) is 21.6. The van der Waals surface area contributed by atoms with Crippen LogP contribution in [-0.2, 0) is 4.79 Å². The van der Waals surface area contributed by atoms with Gasteiger partial charge in [0, 0.05) is 30.9 Å². The fourth-order valence-corrected chi connectivity index (χ4v) is 4.43. The molecule has 1 amide bonds. The van der Waals surface area contributed by atoms with Crippen molar-refractivity contribution in [1.82, 2.24) is 20.1 Å². The number of likely N-dealkylation sites (tertiary alicyclic amines) is 1. The van der Waals surface area contributed by atoms with Crippen LogP contribution in [0.3, 0.4) is 0 Å². The molecule has 132 valence electrons. The van der Waals surface area contributed by atoms with Crippen molar-refractivity contribution in [2.75, 3.05) is 6.54 Å². The Hall–Kier alpha value is -2.17. The number of hydrogen-bond acceptors (Lipinski definition) is 3. The molecule has 25 heavy (non-hydrogen) atoms. The van der Waals surface area contributed by atoms with Crippen LogP contribution in [0.15, 0.2) is 30.7 Å². The van der Waals surface area contributed by atoms with Crippen molar-refractivity contribution in [2.24, 2.45) is 5.92 Å². The Kier molecular flexibility index (Phi) is 4.81. The molecule has 2 fully saturated rings. The van der Waals surface area contributed by atoms with Crippen LogP contribution < -0.4 is 0 Å². The molecule has 0 bridgehead atoms. The molecule has 1 saturated heterocycles. The van der Waals surface area contributed by atoms with E-state index in [-0.39, 0.29) is 6.04 Å². The van der Waals surface area contributed by atoms with Gasteiger partial charge in [0.25, 0.3) is 0 Å². The lowest BCUT2D eigenvalue weighted by Gasteiger charge is -2.28. The molecule has 3 heterocycles. The van der Waals surface area contributed by atoms with Crippen LogP contribution in [0.2, 0.25) is 0 Å². The summed E-state index contributed by atoms with van der Waals surface area (Å²) in [5, 5.41) is 7.44. The van der Waals surface area contributed by atoms with Crippen molar-refractivity contribution in [3.63, 3.8) is 0 Å². The molecule has 5 nitrogen and oxygen atoms in total. The number of nitrogens with zero attached hydrogens (tertiary/aromatic N) is 3. The molecule has 0 unspecified atom stereocenters. The van der Waals surface area contributed by atoms with Gasteiger partial charge in [-0.2, -0.15) is 5.10 Å². The smallest absolute Gasteiger partial charge is 0.223 e. The van der Waals surface area contributed by atoms with Crippen LogP contribution in [0.5, 0.6) is 0 Å². The highest BCUT2D eigenvalue weighted by atomic mass is 16.2. The van der Waals surface area contributed by atoms with E-state index in [1.807, 2.05) is 18.3 Å². The van der Waals surface area contributed by atoms with Crippen LogP contribution in [0, 0.1) is 5.92 Å². The maximum Gasteiger partial charge on any atom is 0.223 e. The largest absolute Gasteiger partial charge is 0.334 e. The molecule has 2 aliphatic rings. The van der Waals surface area contributed by atoms with Gasteiger partial charge >= 0.3 is 0 Å². The summed E-state index contributed by atoms with van der Waals surface area (Å²) in [6, 6.07) is 4.12. The molecular weight excluding hydrogens is 312 g/mol. The minimum absolute atomic E-state index is 0.127. The number of amides is 1. The third-order valence-corrected chi connectivity index (χ3v) is 5.75. The maximum atomic E-state index is 12.9. The van der Waals surface area contributed by atoms with Gasteiger partial charge in [0.05, 0.1) is 17.9 Å². The zero-order valence-corrected chi connectivity index (χ0v) is 14.7. The van der Waals surface area contributed by atoms with Crippen LogP contribution in [-0.4, -0.2) is 32.5 Å². The van der Waals surface area contributed by atoms with Gasteiger partial charge in [-0.25, -0.2) is 0 Å². The van der Waals surface area contributed by atoms with Crippen LogP contribution in [0.1, 0.15) is 63.1 Å². The minimum Gasteiger partial charge on any atom is -0.334 e. The summed E-state index contributed by atoms with van der Waals surface area (Å²) in [7, 11) is 0. The predicted octanol–water partition coefficient (Wildman–Crippen LogP) is 4.11. The first-order valence-electron chi connectivity index (χ1n) is 9.56. The van der Waals surface area contributed by atoms with Gasteiger partial charge in [-0.05, 0) is 49.3 Å². The van der Waals surface area contributed by atoms with Crippen LogP contribution >= 0.6 is 0 Å². The summed E-state index contributed by atoms with van der Waals surface area (Å²) in [6.07, 6.45) is 14.6. The third-order valence-electron chi connectivity index (χ3n) is 5.75. The number of H-pyrrole nitrogens is 1. The monoisotopic (exact) mass is 338 g/mol. The Labute approximate surface area is 148 Å². The first-order chi connectivity index (χ1) is 12.3. The second kappa shape index (κ2) is 7.38. The fourth-order valence-electron chi connectivity index (χ4n) is 4.43. The van der Waals surface area contributed by atoms with Crippen LogP contribution in [0.25, 0.3) is 11.1 Å². The molecule has 4 rings (SSSR count). The van der Waals surface area contributed by atoms with Crippen molar-refractivity contribution in [1.29, 1.82) is 0 Å². The van der Waals surface area contributed by atoms with Gasteiger partial charge < -0.3 is 4.90 Å². The highest BCUT2D eigenvalue weighted by Gasteiger charge is 2.33. The number of hydrogen-bond donors (Lipinski definition) is 1. The maximum absolute atomic E-state index is 12.9. The van der Waals surface area contributed by atoms with Gasteiger partial charge in [0.2, 0.25) is 5.91 Å². The number of aromatic amines is 1. The van der Waals surface area contributed by atoms with Crippen molar-refractivity contribution >= 4 is 5.91 Å². The molecule has 2 aromatic heterocycles. The molecule has 1 N–H and O–H groups in total. The fraction of sp³-hybridized carbons (Fsp3) is 0.550. The van der Waals surface area contributed by atoms with E-state index >= 15 is 0 Å². The average Bonchev–Trinajstić information content (AvgIpc) is 3.32. The highest BCUT2D eigenvalue weighted by molar-refractivity contribution is 5.78. The number of nitrogens with one attached hydrogen (secondary N) is 1. The van der Waals surface area contributed by atoms with E-state index in [4.69, 9.17) is 0 Å². The summed E-state index contributed by atoms with van der Waals surface area (Å²) < 4.78 is 0. The first-order valence-corrected chi connectivity index (χ1v) is 9.56. The van der Waals surface area contributed by atoms with Gasteiger partial charge in [0.15, 0.2) is 0 Å². The number of carbonyl (C=O) groups excluding carboxylic acids is 1. The Bertz CT molecular complexity index is 705. The summed E-state index contributed by atoms with van der Waals surface area (Å²) in [4.78, 5) is 19.1. The standard InChI is InChI=1S/C20H26N4O/c25-19(13-15-5-2-1-3-6-15)24-12-4-7-18(24)20-17(14-22-23-20)16-8-10-21-11-9-16/h8-11,14-15,18H,1-7,12-13H2,(H,22,23)/t18-/m0/s1. The molecule has 1 atom stereocenters. The second-order valence-electron chi connectivity index (χ2n) is 7.39. The minimum atomic E-state index is 0.127. The Morgan fingerprint density at radius 2 is 1.92 bits per heavy atom. The van der Waals surface area contributed by atoms with Crippen molar-refractivity contribution < 1.29 is 4.79 Å². The zero-order valence-electron chi connectivity index (χ0n) is 14.7. The predicted molar refractivity (Wildman–Crippen MR) is 96.7 cm³/mol. The first kappa shape index (κ1) is 16.3. The summed E-state index contributed by atoms with van der Waals surface area (Å²) in [6.45, 7) is 0.866. The van der Waals surface area contributed by atoms with Gasteiger partial charge in [-0.1, -0.05) is 19.3 Å². The second-order valence-corrected chi connectivity index (χ2v) is 7.39. The van der Waals surface area contributed by atoms with E-state index in [1.165, 1.54) is 32.1 Å². The Morgan fingerprint density at radius 3 is 2.72 bits per heavy atom. The summed E-state index contributed by atoms with van der Waals surface area (Å²) >= 11 is 0. The van der Waals surface area contributed by atoms with E-state index in [0.717, 1.165) is 42.6 Å². The number of carbonyl (C=O) groups is 1.